The number of hydrogen-bond donors (Lipinski definition) is 1. The molecule has 0 unspecified atom stereocenters. The van der Waals surface area contributed by atoms with Crippen molar-refractivity contribution >= 4 is 23.8 Å². The fraction of sp³-hybridized carbons (Fsp3) is 0.538. The number of hydrogen-bond acceptors (Lipinski definition) is 3. The fourth-order valence-corrected chi connectivity index (χ4v) is 2.22. The molecule has 1 heterocycles. The van der Waals surface area contributed by atoms with Crippen LogP contribution < -0.4 is 15.5 Å². The molecular formula is C13H22ClN3. The Balaban J connectivity index is 0.00000144. The molecule has 17 heavy (non-hydrogen) atoms. The van der Waals surface area contributed by atoms with Crippen LogP contribution in [0.25, 0.3) is 0 Å². The molecular weight excluding hydrogens is 234 g/mol. The van der Waals surface area contributed by atoms with Crippen LogP contribution in [0.2, 0.25) is 0 Å². The van der Waals surface area contributed by atoms with Crippen molar-refractivity contribution < 1.29 is 0 Å². The van der Waals surface area contributed by atoms with Crippen molar-refractivity contribution in [1.82, 2.24) is 0 Å². The van der Waals surface area contributed by atoms with E-state index in [1.807, 2.05) is 0 Å². The summed E-state index contributed by atoms with van der Waals surface area (Å²) >= 11 is 0. The van der Waals surface area contributed by atoms with Gasteiger partial charge in [-0.25, -0.2) is 0 Å². The highest BCUT2D eigenvalue weighted by Gasteiger charge is 2.23. The molecule has 1 aromatic carbocycles. The minimum atomic E-state index is -0.150. The summed E-state index contributed by atoms with van der Waals surface area (Å²) in [6.07, 6.45) is 0. The van der Waals surface area contributed by atoms with Gasteiger partial charge in [-0.1, -0.05) is 12.1 Å². The predicted octanol–water partition coefficient (Wildman–Crippen LogP) is 2.10. The van der Waals surface area contributed by atoms with E-state index in [2.05, 4.69) is 55.0 Å². The maximum absolute atomic E-state index is 6.10. The monoisotopic (exact) mass is 255 g/mol. The molecule has 0 saturated heterocycles. The third-order valence-electron chi connectivity index (χ3n) is 2.94. The van der Waals surface area contributed by atoms with Gasteiger partial charge in [-0.15, -0.1) is 12.4 Å². The van der Waals surface area contributed by atoms with Gasteiger partial charge in [0.25, 0.3) is 0 Å². The van der Waals surface area contributed by atoms with Crippen LogP contribution in [0.5, 0.6) is 0 Å². The number of para-hydroxylation sites is 2. The first-order chi connectivity index (χ1) is 7.47. The quantitative estimate of drug-likeness (QED) is 0.879. The second-order valence-corrected chi connectivity index (χ2v) is 5.32. The maximum Gasteiger partial charge on any atom is 0.0605 e. The minimum absolute atomic E-state index is 0. The smallest absolute Gasteiger partial charge is 0.0605 e. The summed E-state index contributed by atoms with van der Waals surface area (Å²) in [5.74, 6) is 0. The Labute approximate surface area is 110 Å². The van der Waals surface area contributed by atoms with Crippen molar-refractivity contribution in [3.05, 3.63) is 24.3 Å². The highest BCUT2D eigenvalue weighted by atomic mass is 35.5. The number of halogens is 1. The lowest BCUT2D eigenvalue weighted by atomic mass is 10.0. The lowest BCUT2D eigenvalue weighted by Gasteiger charge is -2.39. The van der Waals surface area contributed by atoms with Gasteiger partial charge in [0.2, 0.25) is 0 Å². The lowest BCUT2D eigenvalue weighted by Crippen LogP contribution is -2.49. The first kappa shape index (κ1) is 14.1. The van der Waals surface area contributed by atoms with Crippen molar-refractivity contribution in [2.75, 3.05) is 36.5 Å². The topological polar surface area (TPSA) is 32.5 Å². The van der Waals surface area contributed by atoms with Gasteiger partial charge < -0.3 is 15.5 Å². The van der Waals surface area contributed by atoms with Crippen molar-refractivity contribution in [3.8, 4) is 0 Å². The standard InChI is InChI=1S/C13H21N3.ClH/c1-13(2,14)10-16-9-8-15(3)11-6-4-5-7-12(11)16;/h4-7H,8-10,14H2,1-3H3;1H. The number of likely N-dealkylation sites (N-methyl/N-ethyl adjacent to an activating group) is 1. The van der Waals surface area contributed by atoms with E-state index < -0.39 is 0 Å². The van der Waals surface area contributed by atoms with Crippen LogP contribution in [-0.2, 0) is 0 Å². The maximum atomic E-state index is 6.10. The predicted molar refractivity (Wildman–Crippen MR) is 77.4 cm³/mol. The summed E-state index contributed by atoms with van der Waals surface area (Å²) in [4.78, 5) is 4.69. The van der Waals surface area contributed by atoms with E-state index in [1.165, 1.54) is 11.4 Å². The zero-order valence-electron chi connectivity index (χ0n) is 10.8. The summed E-state index contributed by atoms with van der Waals surface area (Å²) in [6.45, 7) is 7.17. The Morgan fingerprint density at radius 3 is 2.35 bits per heavy atom. The van der Waals surface area contributed by atoms with Crippen LogP contribution >= 0.6 is 12.4 Å². The number of rotatable bonds is 2. The van der Waals surface area contributed by atoms with Crippen molar-refractivity contribution in [2.45, 2.75) is 19.4 Å². The van der Waals surface area contributed by atoms with E-state index in [4.69, 9.17) is 5.73 Å². The molecule has 0 spiro atoms. The van der Waals surface area contributed by atoms with Crippen LogP contribution in [0.15, 0.2) is 24.3 Å². The molecule has 0 aliphatic carbocycles. The average Bonchev–Trinajstić information content (AvgIpc) is 2.21. The Hall–Kier alpha value is -0.930. The molecule has 0 radical (unpaired) electrons. The molecule has 2 N–H and O–H groups in total. The largest absolute Gasteiger partial charge is 0.371 e. The minimum Gasteiger partial charge on any atom is -0.371 e. The van der Waals surface area contributed by atoms with E-state index >= 15 is 0 Å². The van der Waals surface area contributed by atoms with Gasteiger partial charge in [-0.2, -0.15) is 0 Å². The molecule has 3 nitrogen and oxygen atoms in total. The van der Waals surface area contributed by atoms with E-state index in [0.29, 0.717) is 0 Å². The second kappa shape index (κ2) is 5.15. The summed E-state index contributed by atoms with van der Waals surface area (Å²) in [5, 5.41) is 0. The van der Waals surface area contributed by atoms with Crippen LogP contribution in [-0.4, -0.2) is 32.2 Å². The third kappa shape index (κ3) is 3.27. The van der Waals surface area contributed by atoms with Gasteiger partial charge in [0.1, 0.15) is 0 Å². The van der Waals surface area contributed by atoms with E-state index in [1.54, 1.807) is 0 Å². The van der Waals surface area contributed by atoms with E-state index in [9.17, 15) is 0 Å². The molecule has 0 fully saturated rings. The van der Waals surface area contributed by atoms with Gasteiger partial charge >= 0.3 is 0 Å². The number of fused-ring (bicyclic) bond motifs is 1. The molecule has 0 bridgehead atoms. The van der Waals surface area contributed by atoms with Gasteiger partial charge in [0.05, 0.1) is 11.4 Å². The zero-order valence-corrected chi connectivity index (χ0v) is 11.6. The van der Waals surface area contributed by atoms with Crippen LogP contribution in [0, 0.1) is 0 Å². The number of nitrogens with two attached hydrogens (primary N) is 1. The van der Waals surface area contributed by atoms with Crippen molar-refractivity contribution in [2.24, 2.45) is 5.73 Å². The van der Waals surface area contributed by atoms with Crippen LogP contribution in [0.3, 0.4) is 0 Å². The molecule has 0 atom stereocenters. The first-order valence-electron chi connectivity index (χ1n) is 5.81. The first-order valence-corrected chi connectivity index (χ1v) is 5.81. The van der Waals surface area contributed by atoms with Crippen LogP contribution in [0.4, 0.5) is 11.4 Å². The number of benzene rings is 1. The Morgan fingerprint density at radius 2 is 1.76 bits per heavy atom. The van der Waals surface area contributed by atoms with Crippen LogP contribution in [0.1, 0.15) is 13.8 Å². The van der Waals surface area contributed by atoms with Gasteiger partial charge in [-0.3, -0.25) is 0 Å². The SMILES string of the molecule is CN1CCN(CC(C)(C)N)c2ccccc21.Cl. The summed E-state index contributed by atoms with van der Waals surface area (Å²) in [6, 6.07) is 8.53. The molecule has 0 aromatic heterocycles. The third-order valence-corrected chi connectivity index (χ3v) is 2.94. The summed E-state index contributed by atoms with van der Waals surface area (Å²) in [7, 11) is 2.14. The summed E-state index contributed by atoms with van der Waals surface area (Å²) < 4.78 is 0. The van der Waals surface area contributed by atoms with E-state index in [0.717, 1.165) is 19.6 Å². The Morgan fingerprint density at radius 1 is 1.18 bits per heavy atom. The number of anilines is 2. The highest BCUT2D eigenvalue weighted by molar-refractivity contribution is 5.85. The van der Waals surface area contributed by atoms with Gasteiger partial charge in [0, 0.05) is 32.2 Å². The molecule has 4 heteroatoms. The molecule has 1 aromatic rings. The zero-order chi connectivity index (χ0) is 11.8. The molecule has 0 saturated carbocycles. The number of nitrogens with zero attached hydrogens (tertiary/aromatic N) is 2. The second-order valence-electron chi connectivity index (χ2n) is 5.32. The fourth-order valence-electron chi connectivity index (χ4n) is 2.22. The molecule has 2 rings (SSSR count). The average molecular weight is 256 g/mol. The Bertz CT molecular complexity index is 373. The van der Waals surface area contributed by atoms with E-state index in [-0.39, 0.29) is 17.9 Å². The van der Waals surface area contributed by atoms with Gasteiger partial charge in [-0.05, 0) is 26.0 Å². The lowest BCUT2D eigenvalue weighted by molar-refractivity contribution is 0.502. The highest BCUT2D eigenvalue weighted by Crippen LogP contribution is 2.32. The Kier molecular flexibility index (Phi) is 4.28. The molecule has 1 aliphatic rings. The molecule has 96 valence electrons. The van der Waals surface area contributed by atoms with Crippen molar-refractivity contribution in [1.29, 1.82) is 0 Å². The normalized spacial score (nSPS) is 15.3. The summed E-state index contributed by atoms with van der Waals surface area (Å²) in [5.41, 5.74) is 8.56. The molecule has 0 amide bonds. The van der Waals surface area contributed by atoms with Gasteiger partial charge in [0.15, 0.2) is 0 Å². The molecule has 1 aliphatic heterocycles. The van der Waals surface area contributed by atoms with Crippen molar-refractivity contribution in [3.63, 3.8) is 0 Å².